The number of nitrogens with zero attached hydrogens (tertiary/aromatic N) is 4. The van der Waals surface area contributed by atoms with Crippen molar-refractivity contribution in [2.24, 2.45) is 0 Å². The third kappa shape index (κ3) is 3.78. The average Bonchev–Trinajstić information content (AvgIpc) is 3.60. The molecule has 0 aliphatic carbocycles. The van der Waals surface area contributed by atoms with E-state index >= 15 is 0 Å². The quantitative estimate of drug-likeness (QED) is 0.214. The molecule has 0 unspecified atom stereocenters. The lowest BCUT2D eigenvalue weighted by atomic mass is 10.1. The fourth-order valence-electron chi connectivity index (χ4n) is 6.49. The first kappa shape index (κ1) is 24.6. The Bertz CT molecular complexity index is 2320. The highest BCUT2D eigenvalue weighted by molar-refractivity contribution is 6.12. The monoisotopic (exact) mass is 562 g/mol. The largest absolute Gasteiger partial charge is 0.292 e. The van der Waals surface area contributed by atoms with Crippen molar-refractivity contribution >= 4 is 44.1 Å². The van der Waals surface area contributed by atoms with Crippen molar-refractivity contribution in [1.82, 2.24) is 19.1 Å². The van der Waals surface area contributed by atoms with Gasteiger partial charge in [0.25, 0.3) is 0 Å². The number of aromatic nitrogens is 4. The molecule has 9 aromatic rings. The summed E-state index contributed by atoms with van der Waals surface area (Å²) in [6, 6.07) is 55.3. The van der Waals surface area contributed by atoms with Crippen LogP contribution in [0.4, 0.5) is 0 Å². The number of fused-ring (bicyclic) bond motifs is 6. The molecule has 0 aliphatic rings. The molecule has 0 saturated carbocycles. The Hall–Kier alpha value is -6.00. The summed E-state index contributed by atoms with van der Waals surface area (Å²) in [5.41, 5.74) is 12.5. The second-order valence-electron chi connectivity index (χ2n) is 11.1. The van der Waals surface area contributed by atoms with E-state index in [0.29, 0.717) is 0 Å². The lowest BCUT2D eigenvalue weighted by Gasteiger charge is -2.11. The molecule has 4 nitrogen and oxygen atoms in total. The van der Waals surface area contributed by atoms with Gasteiger partial charge in [0.2, 0.25) is 0 Å². The summed E-state index contributed by atoms with van der Waals surface area (Å²) in [6.45, 7) is 0. The summed E-state index contributed by atoms with van der Waals surface area (Å²) in [4.78, 5) is 10.9. The number of benzene rings is 6. The first-order valence-corrected chi connectivity index (χ1v) is 14.9. The number of rotatable bonds is 4. The maximum absolute atomic E-state index is 5.47. The summed E-state index contributed by atoms with van der Waals surface area (Å²) in [7, 11) is 0. The highest BCUT2D eigenvalue weighted by Gasteiger charge is 2.21. The van der Waals surface area contributed by atoms with Gasteiger partial charge in [0.1, 0.15) is 11.0 Å². The highest BCUT2D eigenvalue weighted by Crippen LogP contribution is 2.37. The lowest BCUT2D eigenvalue weighted by molar-refractivity contribution is 1.10. The Morgan fingerprint density at radius 2 is 0.750 bits per heavy atom. The van der Waals surface area contributed by atoms with Crippen LogP contribution in [-0.2, 0) is 0 Å². The van der Waals surface area contributed by atoms with Gasteiger partial charge in [0.15, 0.2) is 11.3 Å². The molecule has 0 aliphatic heterocycles. The normalized spacial score (nSPS) is 11.6. The van der Waals surface area contributed by atoms with E-state index in [9.17, 15) is 0 Å². The fraction of sp³-hybridized carbons (Fsp3) is 0. The van der Waals surface area contributed by atoms with Crippen LogP contribution in [0.2, 0.25) is 0 Å². The first-order chi connectivity index (χ1) is 21.8. The minimum atomic E-state index is 0.840. The van der Waals surface area contributed by atoms with Crippen molar-refractivity contribution in [3.05, 3.63) is 158 Å². The number of hydrogen-bond acceptors (Lipinski definition) is 2. The van der Waals surface area contributed by atoms with Gasteiger partial charge in [-0.2, -0.15) is 0 Å². The number of para-hydroxylation sites is 2. The molecule has 0 spiro atoms. The molecule has 0 amide bonds. The summed E-state index contributed by atoms with van der Waals surface area (Å²) < 4.78 is 4.51. The van der Waals surface area contributed by atoms with E-state index < -0.39 is 0 Å². The molecule has 0 saturated heterocycles. The highest BCUT2D eigenvalue weighted by atomic mass is 15.1. The van der Waals surface area contributed by atoms with Gasteiger partial charge in [-0.3, -0.25) is 9.13 Å². The van der Waals surface area contributed by atoms with Crippen LogP contribution in [0.25, 0.3) is 77.8 Å². The van der Waals surface area contributed by atoms with Crippen LogP contribution in [-0.4, -0.2) is 19.1 Å². The van der Waals surface area contributed by atoms with Crippen LogP contribution in [0.3, 0.4) is 0 Å². The molecule has 0 fully saturated rings. The Kier molecular flexibility index (Phi) is 5.47. The predicted molar refractivity (Wildman–Crippen MR) is 182 cm³/mol. The van der Waals surface area contributed by atoms with Gasteiger partial charge in [-0.25, -0.2) is 9.97 Å². The molecule has 0 atom stereocenters. The fourth-order valence-corrected chi connectivity index (χ4v) is 6.49. The minimum absolute atomic E-state index is 0.840. The smallest absolute Gasteiger partial charge is 0.166 e. The van der Waals surface area contributed by atoms with Crippen molar-refractivity contribution in [2.75, 3.05) is 0 Å². The van der Waals surface area contributed by atoms with Crippen LogP contribution in [0.15, 0.2) is 158 Å². The maximum atomic E-state index is 5.47. The van der Waals surface area contributed by atoms with Crippen LogP contribution in [0.5, 0.6) is 0 Å². The zero-order chi connectivity index (χ0) is 29.0. The lowest BCUT2D eigenvalue weighted by Crippen LogP contribution is -2.00. The molecule has 9 rings (SSSR count). The summed E-state index contributed by atoms with van der Waals surface area (Å²) in [5, 5.41) is 2.18. The second-order valence-corrected chi connectivity index (χ2v) is 11.1. The van der Waals surface area contributed by atoms with E-state index in [1.54, 1.807) is 0 Å². The molecule has 6 aromatic carbocycles. The minimum Gasteiger partial charge on any atom is -0.292 e. The van der Waals surface area contributed by atoms with Gasteiger partial charge in [0.05, 0.1) is 11.0 Å². The summed E-state index contributed by atoms with van der Waals surface area (Å²) >= 11 is 0. The van der Waals surface area contributed by atoms with Gasteiger partial charge in [-0.15, -0.1) is 0 Å². The second kappa shape index (κ2) is 9.79. The average molecular weight is 563 g/mol. The number of hydrogen-bond donors (Lipinski definition) is 0. The Labute approximate surface area is 254 Å². The zero-order valence-corrected chi connectivity index (χ0v) is 23.8. The first-order valence-electron chi connectivity index (χ1n) is 14.9. The SMILES string of the molecule is c1ccc(-c2cccc(-n3c4ccccc4c4nc5c6ccccc6n(-c6cccc(-c7ccccc7)c6)c5nc43)c2)cc1. The van der Waals surface area contributed by atoms with E-state index in [0.717, 1.165) is 66.6 Å². The summed E-state index contributed by atoms with van der Waals surface area (Å²) in [6.07, 6.45) is 0. The predicted octanol–water partition coefficient (Wildman–Crippen LogP) is 10.0. The van der Waals surface area contributed by atoms with Crippen molar-refractivity contribution in [3.8, 4) is 33.6 Å². The van der Waals surface area contributed by atoms with Crippen LogP contribution in [0, 0.1) is 0 Å². The molecule has 206 valence electrons. The Morgan fingerprint density at radius 1 is 0.341 bits per heavy atom. The Morgan fingerprint density at radius 3 is 1.23 bits per heavy atom. The molecular formula is C40H26N4. The van der Waals surface area contributed by atoms with Crippen molar-refractivity contribution < 1.29 is 0 Å². The van der Waals surface area contributed by atoms with Gasteiger partial charge < -0.3 is 0 Å². The molecule has 4 heteroatoms. The Balaban J connectivity index is 1.35. The van der Waals surface area contributed by atoms with Crippen LogP contribution < -0.4 is 0 Å². The topological polar surface area (TPSA) is 35.6 Å². The molecule has 3 heterocycles. The van der Waals surface area contributed by atoms with Crippen molar-refractivity contribution in [1.29, 1.82) is 0 Å². The van der Waals surface area contributed by atoms with Crippen molar-refractivity contribution in [2.45, 2.75) is 0 Å². The zero-order valence-electron chi connectivity index (χ0n) is 23.8. The molecule has 0 bridgehead atoms. The van der Waals surface area contributed by atoms with E-state index in [1.807, 2.05) is 0 Å². The molecule has 3 aromatic heterocycles. The third-order valence-corrected chi connectivity index (χ3v) is 8.51. The van der Waals surface area contributed by atoms with E-state index in [4.69, 9.17) is 9.97 Å². The summed E-state index contributed by atoms with van der Waals surface area (Å²) in [5.74, 6) is 0. The molecule has 0 radical (unpaired) electrons. The molecule has 44 heavy (non-hydrogen) atoms. The van der Waals surface area contributed by atoms with E-state index in [1.165, 1.54) is 11.1 Å². The van der Waals surface area contributed by atoms with E-state index in [-0.39, 0.29) is 0 Å². The third-order valence-electron chi connectivity index (χ3n) is 8.51. The van der Waals surface area contributed by atoms with Gasteiger partial charge in [0, 0.05) is 22.1 Å². The van der Waals surface area contributed by atoms with Crippen LogP contribution >= 0.6 is 0 Å². The van der Waals surface area contributed by atoms with Crippen LogP contribution in [0.1, 0.15) is 0 Å². The van der Waals surface area contributed by atoms with Gasteiger partial charge in [-0.05, 0) is 58.7 Å². The van der Waals surface area contributed by atoms with Gasteiger partial charge >= 0.3 is 0 Å². The van der Waals surface area contributed by atoms with Gasteiger partial charge in [-0.1, -0.05) is 121 Å². The standard InChI is InChI=1S/C40H26N4/c1-3-13-27(14-4-1)29-17-11-19-31(25-29)43-35-23-9-7-21-33(35)37-39(43)42-40-38(41-37)34-22-8-10-24-36(34)44(40)32-20-12-18-30(26-32)28-15-5-2-6-16-28/h1-26H. The molecule has 0 N–H and O–H groups in total. The molecular weight excluding hydrogens is 536 g/mol. The maximum Gasteiger partial charge on any atom is 0.166 e. The van der Waals surface area contributed by atoms with E-state index in [2.05, 4.69) is 167 Å². The van der Waals surface area contributed by atoms with Crippen molar-refractivity contribution in [3.63, 3.8) is 0 Å².